The Morgan fingerprint density at radius 3 is 1.03 bits per heavy atom. The van der Waals surface area contributed by atoms with E-state index in [1.165, 1.54) is 48.5 Å². The van der Waals surface area contributed by atoms with Gasteiger partial charge in [-0.25, -0.2) is 17.6 Å². The SMILES string of the molecule is O=C(Nc1ccc(F)cc1)c1cc(NC(=O)[C@@H]2[C@@H](c3cc(Cl)cc(Cl)c3)C2(Cl)Cl)ccc1F.O=C(Nc1ccc(F)cc1)c1cc(NC(=O)[C@H]2[C@H](c3cc(Cl)cc(Cl)c3)C2(Cl)Cl)ccc1F. The average molecular weight is 1060 g/mol. The lowest BCUT2D eigenvalue weighted by molar-refractivity contribution is -0.118. The molecule has 0 aromatic heterocycles. The molecule has 2 fully saturated rings. The molecule has 8 nitrogen and oxygen atoms in total. The molecule has 0 radical (unpaired) electrons. The molecule has 0 heterocycles. The second-order valence-electron chi connectivity index (χ2n) is 15.0. The summed E-state index contributed by atoms with van der Waals surface area (Å²) in [7, 11) is 0. The van der Waals surface area contributed by atoms with E-state index in [2.05, 4.69) is 21.3 Å². The fourth-order valence-corrected chi connectivity index (χ4v) is 9.84. The van der Waals surface area contributed by atoms with Gasteiger partial charge in [0, 0.05) is 54.7 Å². The van der Waals surface area contributed by atoms with Crippen molar-refractivity contribution in [2.75, 3.05) is 21.3 Å². The normalized spacial score (nSPS) is 18.5. The number of rotatable bonds is 10. The number of anilines is 4. The van der Waals surface area contributed by atoms with Crippen LogP contribution in [0, 0.1) is 35.1 Å². The lowest BCUT2D eigenvalue weighted by Crippen LogP contribution is -2.18. The number of amides is 4. The molecule has 340 valence electrons. The minimum atomic E-state index is -1.39. The highest BCUT2D eigenvalue weighted by molar-refractivity contribution is 6.54. The number of hydrogen-bond acceptors (Lipinski definition) is 4. The van der Waals surface area contributed by atoms with Gasteiger partial charge in [0.2, 0.25) is 11.8 Å². The van der Waals surface area contributed by atoms with Crippen LogP contribution in [-0.2, 0) is 9.59 Å². The van der Waals surface area contributed by atoms with Crippen molar-refractivity contribution in [3.63, 3.8) is 0 Å². The molecule has 0 saturated heterocycles. The number of carbonyl (C=O) groups is 4. The molecule has 0 spiro atoms. The Labute approximate surface area is 413 Å². The van der Waals surface area contributed by atoms with E-state index in [4.69, 9.17) is 92.8 Å². The van der Waals surface area contributed by atoms with E-state index in [1.54, 1.807) is 36.4 Å². The zero-order valence-electron chi connectivity index (χ0n) is 33.0. The molecule has 2 saturated carbocycles. The largest absolute Gasteiger partial charge is 0.326 e. The van der Waals surface area contributed by atoms with E-state index in [0.717, 1.165) is 36.4 Å². The van der Waals surface area contributed by atoms with Gasteiger partial charge in [0.1, 0.15) is 31.9 Å². The summed E-state index contributed by atoms with van der Waals surface area (Å²) in [6, 6.07) is 26.7. The van der Waals surface area contributed by atoms with E-state index in [1.807, 2.05) is 0 Å². The first-order chi connectivity index (χ1) is 31.1. The van der Waals surface area contributed by atoms with Crippen molar-refractivity contribution in [2.45, 2.75) is 20.5 Å². The van der Waals surface area contributed by atoms with Crippen molar-refractivity contribution >= 4 is 139 Å². The quantitative estimate of drug-likeness (QED) is 0.0808. The van der Waals surface area contributed by atoms with E-state index < -0.39 is 79.2 Å². The number of carbonyl (C=O) groups excluding carboxylic acids is 4. The minimum Gasteiger partial charge on any atom is -0.326 e. The van der Waals surface area contributed by atoms with Crippen LogP contribution in [0.15, 0.2) is 121 Å². The van der Waals surface area contributed by atoms with Crippen molar-refractivity contribution in [1.82, 2.24) is 0 Å². The molecule has 0 unspecified atom stereocenters. The zero-order chi connectivity index (χ0) is 47.8. The summed E-state index contributed by atoms with van der Waals surface area (Å²) < 4.78 is 51.9. The first-order valence-electron chi connectivity index (χ1n) is 19.1. The highest BCUT2D eigenvalue weighted by Gasteiger charge is 2.68. The Kier molecular flexibility index (Phi) is 14.8. The smallest absolute Gasteiger partial charge is 0.258 e. The summed E-state index contributed by atoms with van der Waals surface area (Å²) in [5, 5.41) is 11.7. The van der Waals surface area contributed by atoms with Crippen LogP contribution in [0.2, 0.25) is 20.1 Å². The number of benzene rings is 6. The van der Waals surface area contributed by atoms with Gasteiger partial charge in [-0.05, 0) is 132 Å². The van der Waals surface area contributed by atoms with Gasteiger partial charge >= 0.3 is 0 Å². The van der Waals surface area contributed by atoms with Crippen LogP contribution in [0.3, 0.4) is 0 Å². The summed E-state index contributed by atoms with van der Waals surface area (Å²) in [6.07, 6.45) is 0. The lowest BCUT2D eigenvalue weighted by Gasteiger charge is -2.10. The van der Waals surface area contributed by atoms with Crippen LogP contribution in [-0.4, -0.2) is 32.3 Å². The Balaban J connectivity index is 0.000000196. The first kappa shape index (κ1) is 49.2. The second-order valence-corrected chi connectivity index (χ2v) is 19.6. The van der Waals surface area contributed by atoms with Crippen LogP contribution in [0.4, 0.5) is 40.3 Å². The molecule has 0 aliphatic heterocycles. The van der Waals surface area contributed by atoms with Crippen molar-refractivity contribution in [3.8, 4) is 0 Å². The van der Waals surface area contributed by atoms with Crippen molar-refractivity contribution in [3.05, 3.63) is 187 Å². The monoisotopic (exact) mass is 1060 g/mol. The Hall–Kier alpha value is -4.76. The molecular formula is C46H28Cl8F4N4O4. The number of nitrogens with one attached hydrogen (secondary N) is 4. The highest BCUT2D eigenvalue weighted by atomic mass is 35.5. The van der Waals surface area contributed by atoms with Crippen LogP contribution in [0.25, 0.3) is 0 Å². The fourth-order valence-electron chi connectivity index (χ4n) is 7.10. The van der Waals surface area contributed by atoms with Gasteiger partial charge in [-0.15, -0.1) is 46.4 Å². The van der Waals surface area contributed by atoms with Crippen LogP contribution in [0.1, 0.15) is 43.7 Å². The van der Waals surface area contributed by atoms with Gasteiger partial charge in [0.15, 0.2) is 0 Å². The van der Waals surface area contributed by atoms with Crippen LogP contribution < -0.4 is 21.3 Å². The number of alkyl halides is 4. The molecule has 6 aromatic carbocycles. The Bertz CT molecular complexity index is 2660. The molecule has 8 rings (SSSR count). The number of halogens is 12. The summed E-state index contributed by atoms with van der Waals surface area (Å²) in [5.74, 6) is -7.87. The van der Waals surface area contributed by atoms with E-state index in [-0.39, 0.29) is 33.9 Å². The van der Waals surface area contributed by atoms with E-state index in [0.29, 0.717) is 31.2 Å². The third-order valence-electron chi connectivity index (χ3n) is 10.3. The van der Waals surface area contributed by atoms with Crippen molar-refractivity contribution in [2.24, 2.45) is 11.8 Å². The average Bonchev–Trinajstić information content (AvgIpc) is 4.05. The highest BCUT2D eigenvalue weighted by Crippen LogP contribution is 2.66. The standard InChI is InChI=1S/2C23H14Cl4F2N2O2/c2*24-12-7-11(8-13(25)9-12)19-20(23(19,26)27)22(33)31-16-5-6-18(29)17(10-16)21(32)30-15-3-1-14(28)2-4-15/h2*1-10,19-20H,(H,30,32)(H,31,33)/t2*19-,20+/m10/s1. The molecule has 0 bridgehead atoms. The van der Waals surface area contributed by atoms with Gasteiger partial charge in [-0.3, -0.25) is 19.2 Å². The predicted octanol–water partition coefficient (Wildman–Crippen LogP) is 14.1. The molecule has 4 atom stereocenters. The lowest BCUT2D eigenvalue weighted by atomic mass is 10.1. The summed E-state index contributed by atoms with van der Waals surface area (Å²) in [4.78, 5) is 50.7. The summed E-state index contributed by atoms with van der Waals surface area (Å²) >= 11 is 49.5. The third-order valence-corrected chi connectivity index (χ3v) is 13.1. The van der Waals surface area contributed by atoms with Crippen molar-refractivity contribution < 1.29 is 36.7 Å². The molecule has 4 N–H and O–H groups in total. The summed E-state index contributed by atoms with van der Waals surface area (Å²) in [5.41, 5.74) is 1.50. The zero-order valence-corrected chi connectivity index (χ0v) is 39.1. The second kappa shape index (κ2) is 19.8. The molecule has 66 heavy (non-hydrogen) atoms. The van der Waals surface area contributed by atoms with Gasteiger partial charge < -0.3 is 21.3 Å². The maximum absolute atomic E-state index is 14.3. The van der Waals surface area contributed by atoms with Gasteiger partial charge in [0.05, 0.1) is 23.0 Å². The maximum atomic E-state index is 14.3. The molecule has 6 aromatic rings. The first-order valence-corrected chi connectivity index (χ1v) is 22.2. The molecular weight excluding hydrogens is 1030 g/mol. The molecule has 20 heteroatoms. The Morgan fingerprint density at radius 2 is 0.712 bits per heavy atom. The van der Waals surface area contributed by atoms with Crippen LogP contribution >= 0.6 is 92.8 Å². The van der Waals surface area contributed by atoms with Gasteiger partial charge in [-0.1, -0.05) is 46.4 Å². The molecule has 4 amide bonds. The maximum Gasteiger partial charge on any atom is 0.258 e. The minimum absolute atomic E-state index is 0.171. The van der Waals surface area contributed by atoms with Gasteiger partial charge in [-0.2, -0.15) is 0 Å². The predicted molar refractivity (Wildman–Crippen MR) is 253 cm³/mol. The van der Waals surface area contributed by atoms with E-state index >= 15 is 0 Å². The fraction of sp³-hybridized carbons (Fsp3) is 0.130. The Morgan fingerprint density at radius 1 is 0.409 bits per heavy atom. The third kappa shape index (κ3) is 11.3. The van der Waals surface area contributed by atoms with E-state index in [9.17, 15) is 36.7 Å². The summed E-state index contributed by atoms with van der Waals surface area (Å²) in [6.45, 7) is 0. The number of hydrogen-bond donors (Lipinski definition) is 4. The topological polar surface area (TPSA) is 116 Å². The van der Waals surface area contributed by atoms with Crippen LogP contribution in [0.5, 0.6) is 0 Å². The van der Waals surface area contributed by atoms with Gasteiger partial charge in [0.25, 0.3) is 11.8 Å². The van der Waals surface area contributed by atoms with Crippen molar-refractivity contribution in [1.29, 1.82) is 0 Å². The molecule has 2 aliphatic rings. The molecule has 2 aliphatic carbocycles.